The van der Waals surface area contributed by atoms with E-state index < -0.39 is 10.0 Å². The van der Waals surface area contributed by atoms with Crippen molar-refractivity contribution in [3.8, 4) is 0 Å². The molecule has 1 aromatic carbocycles. The molecule has 0 unspecified atom stereocenters. The molecular weight excluding hydrogens is 350 g/mol. The molecule has 0 fully saturated rings. The maximum atomic E-state index is 12.8. The number of benzene rings is 1. The van der Waals surface area contributed by atoms with Gasteiger partial charge in [0.2, 0.25) is 5.91 Å². The molecule has 8 heteroatoms. The van der Waals surface area contributed by atoms with E-state index in [4.69, 9.17) is 11.6 Å². The lowest BCUT2D eigenvalue weighted by atomic mass is 10.2. The number of rotatable bonds is 3. The minimum absolute atomic E-state index is 0.0492. The summed E-state index contributed by atoms with van der Waals surface area (Å²) in [4.78, 5) is 17.5. The summed E-state index contributed by atoms with van der Waals surface area (Å²) < 4.78 is 26.7. The lowest BCUT2D eigenvalue weighted by Gasteiger charge is -2.19. The van der Waals surface area contributed by atoms with Crippen LogP contribution >= 0.6 is 11.6 Å². The van der Waals surface area contributed by atoms with Crippen molar-refractivity contribution in [3.63, 3.8) is 0 Å². The normalized spacial score (nSPS) is 13.7. The number of amides is 1. The molecule has 126 valence electrons. The lowest BCUT2D eigenvalue weighted by molar-refractivity contribution is -0.116. The molecular formula is C16H16ClN3O3S. The predicted octanol–water partition coefficient (Wildman–Crippen LogP) is 2.47. The van der Waals surface area contributed by atoms with E-state index in [0.717, 1.165) is 15.6 Å². The van der Waals surface area contributed by atoms with Gasteiger partial charge in [-0.1, -0.05) is 11.6 Å². The Morgan fingerprint density at radius 2 is 2.04 bits per heavy atom. The monoisotopic (exact) mass is 365 g/mol. The van der Waals surface area contributed by atoms with E-state index in [1.165, 1.54) is 26.2 Å². The Labute approximate surface area is 145 Å². The Balaban J connectivity index is 1.96. The summed E-state index contributed by atoms with van der Waals surface area (Å²) in [6.45, 7) is 2.07. The molecule has 3 rings (SSSR count). The first-order valence-corrected chi connectivity index (χ1v) is 9.14. The summed E-state index contributed by atoms with van der Waals surface area (Å²) in [5.74, 6) is 0.233. The zero-order chi connectivity index (χ0) is 17.5. The molecule has 1 aliphatic rings. The summed E-state index contributed by atoms with van der Waals surface area (Å²) in [6.07, 6.45) is 2.04. The summed E-state index contributed by atoms with van der Waals surface area (Å²) in [5.41, 5.74) is 1.62. The molecule has 2 aromatic rings. The van der Waals surface area contributed by atoms with Crippen LogP contribution in [0.3, 0.4) is 0 Å². The highest BCUT2D eigenvalue weighted by Crippen LogP contribution is 2.31. The van der Waals surface area contributed by atoms with Crippen LogP contribution in [0.25, 0.3) is 0 Å². The third-order valence-electron chi connectivity index (χ3n) is 4.02. The molecule has 0 radical (unpaired) electrons. The first-order chi connectivity index (χ1) is 11.3. The van der Waals surface area contributed by atoms with Gasteiger partial charge in [0.25, 0.3) is 10.0 Å². The fraction of sp³-hybridized carbons (Fsp3) is 0.250. The second-order valence-electron chi connectivity index (χ2n) is 5.52. The second-order valence-corrected chi connectivity index (χ2v) is 7.92. The lowest BCUT2D eigenvalue weighted by Crippen LogP contribution is -2.27. The Hall–Kier alpha value is -2.12. The Bertz CT molecular complexity index is 897. The smallest absolute Gasteiger partial charge is 0.265 e. The van der Waals surface area contributed by atoms with Crippen molar-refractivity contribution >= 4 is 39.0 Å². The molecule has 0 atom stereocenters. The van der Waals surface area contributed by atoms with Crippen LogP contribution in [0.5, 0.6) is 0 Å². The molecule has 0 bridgehead atoms. The second kappa shape index (κ2) is 6.07. The van der Waals surface area contributed by atoms with Crippen LogP contribution in [0.2, 0.25) is 5.02 Å². The quantitative estimate of drug-likeness (QED) is 0.837. The van der Waals surface area contributed by atoms with Crippen LogP contribution in [0.15, 0.2) is 41.4 Å². The summed E-state index contributed by atoms with van der Waals surface area (Å²) in [6, 6.07) is 7.95. The minimum atomic E-state index is -3.74. The largest absolute Gasteiger partial charge is 0.312 e. The van der Waals surface area contributed by atoms with E-state index in [1.807, 2.05) is 0 Å². The zero-order valence-corrected chi connectivity index (χ0v) is 14.8. The topological polar surface area (TPSA) is 70.6 Å². The van der Waals surface area contributed by atoms with Gasteiger partial charge in [0, 0.05) is 32.4 Å². The first-order valence-electron chi connectivity index (χ1n) is 7.32. The van der Waals surface area contributed by atoms with Gasteiger partial charge in [0.05, 0.1) is 9.92 Å². The predicted molar refractivity (Wildman–Crippen MR) is 93.0 cm³/mol. The van der Waals surface area contributed by atoms with Gasteiger partial charge in [-0.05, 0) is 42.3 Å². The number of pyridine rings is 1. The number of carbonyl (C=O) groups is 1. The molecule has 6 nitrogen and oxygen atoms in total. The van der Waals surface area contributed by atoms with Gasteiger partial charge < -0.3 is 4.90 Å². The first kappa shape index (κ1) is 16.7. The van der Waals surface area contributed by atoms with Gasteiger partial charge in [-0.25, -0.2) is 13.4 Å². The summed E-state index contributed by atoms with van der Waals surface area (Å²) >= 11 is 5.79. The van der Waals surface area contributed by atoms with Crippen LogP contribution in [-0.2, 0) is 21.2 Å². The van der Waals surface area contributed by atoms with Crippen LogP contribution in [-0.4, -0.2) is 32.9 Å². The van der Waals surface area contributed by atoms with Gasteiger partial charge in [-0.2, -0.15) is 0 Å². The highest BCUT2D eigenvalue weighted by atomic mass is 35.5. The number of anilines is 2. The molecule has 1 aromatic heterocycles. The Kier molecular flexibility index (Phi) is 4.23. The molecule has 1 aliphatic heterocycles. The van der Waals surface area contributed by atoms with Crippen LogP contribution < -0.4 is 9.21 Å². The number of carbonyl (C=O) groups excluding carboxylic acids is 1. The molecule has 0 spiro atoms. The molecule has 0 N–H and O–H groups in total. The van der Waals surface area contributed by atoms with Crippen LogP contribution in [0.1, 0.15) is 12.5 Å². The minimum Gasteiger partial charge on any atom is -0.312 e. The highest BCUT2D eigenvalue weighted by molar-refractivity contribution is 7.92. The number of fused-ring (bicyclic) bond motifs is 1. The van der Waals surface area contributed by atoms with Crippen molar-refractivity contribution in [1.82, 2.24) is 4.98 Å². The van der Waals surface area contributed by atoms with Gasteiger partial charge in [0.15, 0.2) is 0 Å². The molecule has 2 heterocycles. The number of hydrogen-bond acceptors (Lipinski definition) is 4. The highest BCUT2D eigenvalue weighted by Gasteiger charge is 2.27. The average Bonchev–Trinajstić information content (AvgIpc) is 2.98. The summed E-state index contributed by atoms with van der Waals surface area (Å²) in [7, 11) is -2.29. The van der Waals surface area contributed by atoms with Crippen molar-refractivity contribution in [2.45, 2.75) is 18.2 Å². The van der Waals surface area contributed by atoms with E-state index in [9.17, 15) is 13.2 Å². The summed E-state index contributed by atoms with van der Waals surface area (Å²) in [5, 5.41) is 0.436. The zero-order valence-electron chi connectivity index (χ0n) is 13.2. The van der Waals surface area contributed by atoms with E-state index >= 15 is 0 Å². The Morgan fingerprint density at radius 3 is 2.67 bits per heavy atom. The fourth-order valence-corrected chi connectivity index (χ4v) is 4.01. The van der Waals surface area contributed by atoms with Gasteiger partial charge in [-0.15, -0.1) is 0 Å². The van der Waals surface area contributed by atoms with Crippen molar-refractivity contribution in [1.29, 1.82) is 0 Å². The van der Waals surface area contributed by atoms with Gasteiger partial charge in [-0.3, -0.25) is 9.10 Å². The average molecular weight is 366 g/mol. The van der Waals surface area contributed by atoms with Gasteiger partial charge >= 0.3 is 0 Å². The molecule has 0 saturated carbocycles. The van der Waals surface area contributed by atoms with E-state index in [-0.39, 0.29) is 16.6 Å². The molecule has 1 amide bonds. The van der Waals surface area contributed by atoms with Gasteiger partial charge in [0.1, 0.15) is 5.82 Å². The number of sulfonamides is 1. The fourth-order valence-electron chi connectivity index (χ4n) is 2.70. The van der Waals surface area contributed by atoms with Crippen LogP contribution in [0.4, 0.5) is 11.5 Å². The number of hydrogen-bond donors (Lipinski definition) is 0. The van der Waals surface area contributed by atoms with E-state index in [2.05, 4.69) is 4.98 Å². The maximum absolute atomic E-state index is 12.8. The Morgan fingerprint density at radius 1 is 1.29 bits per heavy atom. The van der Waals surface area contributed by atoms with E-state index in [0.29, 0.717) is 18.0 Å². The third-order valence-corrected chi connectivity index (χ3v) is 6.00. The number of halogens is 1. The molecule has 0 aliphatic carbocycles. The standard InChI is InChI=1S/C16H16ClN3O3S/c1-11(21)20-8-7-12-9-14(4-5-15(12)20)24(22,23)19(2)16-6-3-13(17)10-18-16/h3-6,9-10H,7-8H2,1-2H3. The molecule has 24 heavy (non-hydrogen) atoms. The van der Waals surface area contributed by atoms with E-state index in [1.54, 1.807) is 29.2 Å². The maximum Gasteiger partial charge on any atom is 0.265 e. The molecule has 0 saturated heterocycles. The van der Waals surface area contributed by atoms with Crippen molar-refractivity contribution in [2.24, 2.45) is 0 Å². The SMILES string of the molecule is CC(=O)N1CCc2cc(S(=O)(=O)N(C)c3ccc(Cl)cn3)ccc21. The number of nitrogens with zero attached hydrogens (tertiary/aromatic N) is 3. The van der Waals surface area contributed by atoms with Crippen molar-refractivity contribution in [3.05, 3.63) is 47.1 Å². The number of aromatic nitrogens is 1. The van der Waals surface area contributed by atoms with Crippen LogP contribution in [0, 0.1) is 0 Å². The third kappa shape index (κ3) is 2.85. The van der Waals surface area contributed by atoms with Crippen molar-refractivity contribution in [2.75, 3.05) is 22.8 Å². The van der Waals surface area contributed by atoms with Crippen molar-refractivity contribution < 1.29 is 13.2 Å².